The van der Waals surface area contributed by atoms with Gasteiger partial charge < -0.3 is 0 Å². The van der Waals surface area contributed by atoms with Gasteiger partial charge in [-0.1, -0.05) is 18.2 Å². The molecule has 0 rings (SSSR count). The van der Waals surface area contributed by atoms with Crippen molar-refractivity contribution in [1.29, 1.82) is 0 Å². The van der Waals surface area contributed by atoms with Gasteiger partial charge in [0.1, 0.15) is 5.84 Å². The Morgan fingerprint density at radius 1 is 1.42 bits per heavy atom. The minimum Gasteiger partial charge on any atom is -0.270 e. The zero-order valence-electron chi connectivity index (χ0n) is 7.91. The van der Waals surface area contributed by atoms with Gasteiger partial charge in [-0.15, -0.1) is 0 Å². The first-order chi connectivity index (χ1) is 5.61. The molecule has 0 aromatic rings. The number of hydrogen-bond donors (Lipinski definition) is 0. The lowest BCUT2D eigenvalue weighted by atomic mass is 10.3. The maximum Gasteiger partial charge on any atom is 0.143 e. The second-order valence-electron chi connectivity index (χ2n) is 2.43. The molecule has 0 N–H and O–H groups in total. The van der Waals surface area contributed by atoms with Gasteiger partial charge in [-0.3, -0.25) is 10.0 Å². The van der Waals surface area contributed by atoms with Crippen molar-refractivity contribution < 1.29 is 0 Å². The molecule has 0 atom stereocenters. The number of amidine groups is 1. The molecule has 0 aliphatic heterocycles. The van der Waals surface area contributed by atoms with Gasteiger partial charge in [-0.2, -0.15) is 5.10 Å². The first kappa shape index (κ1) is 10.6. The summed E-state index contributed by atoms with van der Waals surface area (Å²) in [5.41, 5.74) is 0.980. The summed E-state index contributed by atoms with van der Waals surface area (Å²) in [4.78, 5) is 4.01. The van der Waals surface area contributed by atoms with Crippen molar-refractivity contribution in [2.45, 2.75) is 6.92 Å². The van der Waals surface area contributed by atoms with Crippen molar-refractivity contribution >= 4 is 12.6 Å². The lowest BCUT2D eigenvalue weighted by Gasteiger charge is -2.10. The van der Waals surface area contributed by atoms with Gasteiger partial charge in [0.15, 0.2) is 0 Å². The largest absolute Gasteiger partial charge is 0.270 e. The van der Waals surface area contributed by atoms with Gasteiger partial charge in [0.25, 0.3) is 0 Å². The third-order valence-corrected chi connectivity index (χ3v) is 1.29. The number of likely N-dealkylation sites (N-methyl/N-ethyl adjacent to an activating group) is 1. The molecular formula is C9H15N3. The molecule has 3 heteroatoms. The molecule has 3 nitrogen and oxygen atoms in total. The van der Waals surface area contributed by atoms with Crippen LogP contribution >= 0.6 is 0 Å². The van der Waals surface area contributed by atoms with E-state index in [0.29, 0.717) is 0 Å². The normalized spacial score (nSPS) is 11.8. The molecule has 0 aliphatic carbocycles. The van der Waals surface area contributed by atoms with E-state index in [1.54, 1.807) is 19.1 Å². The lowest BCUT2D eigenvalue weighted by molar-refractivity contribution is 0.552. The third-order valence-electron chi connectivity index (χ3n) is 1.29. The van der Waals surface area contributed by atoms with E-state index in [-0.39, 0.29) is 0 Å². The van der Waals surface area contributed by atoms with E-state index in [2.05, 4.69) is 23.4 Å². The van der Waals surface area contributed by atoms with E-state index in [0.717, 1.165) is 11.4 Å². The van der Waals surface area contributed by atoms with Crippen molar-refractivity contribution in [1.82, 2.24) is 5.01 Å². The Labute approximate surface area is 73.8 Å². The van der Waals surface area contributed by atoms with Crippen LogP contribution in [-0.2, 0) is 0 Å². The summed E-state index contributed by atoms with van der Waals surface area (Å²) in [6.45, 7) is 9.06. The quantitative estimate of drug-likeness (QED) is 0.271. The fraction of sp³-hybridized carbons (Fsp3) is 0.333. The van der Waals surface area contributed by atoms with Crippen LogP contribution in [-0.4, -0.2) is 31.7 Å². The van der Waals surface area contributed by atoms with Crippen LogP contribution in [0.4, 0.5) is 0 Å². The SMILES string of the molecule is C=NN(C)C(/C=C\C(=C)C)=NC. The van der Waals surface area contributed by atoms with Crippen LogP contribution in [0, 0.1) is 0 Å². The summed E-state index contributed by atoms with van der Waals surface area (Å²) in [7, 11) is 3.50. The number of aliphatic imine (C=N–C) groups is 1. The fourth-order valence-corrected chi connectivity index (χ4v) is 0.616. The van der Waals surface area contributed by atoms with Crippen LogP contribution in [0.25, 0.3) is 0 Å². The van der Waals surface area contributed by atoms with Gasteiger partial charge >= 0.3 is 0 Å². The molecule has 0 fully saturated rings. The molecule has 12 heavy (non-hydrogen) atoms. The molecule has 0 radical (unpaired) electrons. The highest BCUT2D eigenvalue weighted by Crippen LogP contribution is 1.94. The molecule has 0 unspecified atom stereocenters. The highest BCUT2D eigenvalue weighted by atomic mass is 15.4. The van der Waals surface area contributed by atoms with Crippen LogP contribution < -0.4 is 0 Å². The van der Waals surface area contributed by atoms with Crippen LogP contribution in [0.2, 0.25) is 0 Å². The first-order valence-corrected chi connectivity index (χ1v) is 3.62. The summed E-state index contributed by atoms with van der Waals surface area (Å²) in [5.74, 6) is 0.757. The Hall–Kier alpha value is -1.38. The molecule has 0 amide bonds. The summed E-state index contributed by atoms with van der Waals surface area (Å²) in [6.07, 6.45) is 3.72. The Morgan fingerprint density at radius 2 is 2.00 bits per heavy atom. The second kappa shape index (κ2) is 5.29. The summed E-state index contributed by atoms with van der Waals surface area (Å²) >= 11 is 0. The first-order valence-electron chi connectivity index (χ1n) is 3.62. The smallest absolute Gasteiger partial charge is 0.143 e. The maximum atomic E-state index is 4.01. The highest BCUT2D eigenvalue weighted by Gasteiger charge is 1.96. The maximum absolute atomic E-state index is 4.01. The van der Waals surface area contributed by atoms with E-state index in [9.17, 15) is 0 Å². The van der Waals surface area contributed by atoms with Crippen LogP contribution in [0.1, 0.15) is 6.92 Å². The van der Waals surface area contributed by atoms with Gasteiger partial charge in [-0.05, 0) is 13.0 Å². The van der Waals surface area contributed by atoms with Crippen molar-refractivity contribution in [3.63, 3.8) is 0 Å². The Kier molecular flexibility index (Phi) is 4.69. The van der Waals surface area contributed by atoms with Gasteiger partial charge in [0.05, 0.1) is 0 Å². The van der Waals surface area contributed by atoms with Gasteiger partial charge in [0, 0.05) is 20.8 Å². The minimum atomic E-state index is 0.757. The van der Waals surface area contributed by atoms with Crippen LogP contribution in [0.15, 0.2) is 34.4 Å². The topological polar surface area (TPSA) is 28.0 Å². The van der Waals surface area contributed by atoms with Crippen molar-refractivity contribution in [2.24, 2.45) is 10.1 Å². The molecule has 66 valence electrons. The minimum absolute atomic E-state index is 0.757. The van der Waals surface area contributed by atoms with Gasteiger partial charge in [0.2, 0.25) is 0 Å². The van der Waals surface area contributed by atoms with Crippen molar-refractivity contribution in [3.05, 3.63) is 24.3 Å². The van der Waals surface area contributed by atoms with Crippen molar-refractivity contribution in [3.8, 4) is 0 Å². The number of hydrogen-bond acceptors (Lipinski definition) is 2. The molecule has 0 aromatic carbocycles. The molecular weight excluding hydrogens is 150 g/mol. The molecule has 0 bridgehead atoms. The molecule has 0 aromatic heterocycles. The van der Waals surface area contributed by atoms with Crippen molar-refractivity contribution in [2.75, 3.05) is 14.1 Å². The van der Waals surface area contributed by atoms with Gasteiger partial charge in [-0.25, -0.2) is 0 Å². The van der Waals surface area contributed by atoms with E-state index >= 15 is 0 Å². The molecule has 0 saturated carbocycles. The Morgan fingerprint density at radius 3 is 2.33 bits per heavy atom. The number of rotatable bonds is 3. The van der Waals surface area contributed by atoms with Crippen LogP contribution in [0.3, 0.4) is 0 Å². The predicted octanol–water partition coefficient (Wildman–Crippen LogP) is 1.69. The summed E-state index contributed by atoms with van der Waals surface area (Å²) in [5, 5.41) is 5.31. The molecule has 0 saturated heterocycles. The van der Waals surface area contributed by atoms with E-state index in [1.807, 2.05) is 19.1 Å². The fourth-order valence-electron chi connectivity index (χ4n) is 0.616. The lowest BCUT2D eigenvalue weighted by Crippen LogP contribution is -2.18. The zero-order chi connectivity index (χ0) is 9.56. The number of allylic oxidation sites excluding steroid dienone is 2. The summed E-state index contributed by atoms with van der Waals surface area (Å²) < 4.78 is 0. The van der Waals surface area contributed by atoms with Crippen LogP contribution in [0.5, 0.6) is 0 Å². The predicted molar refractivity (Wildman–Crippen MR) is 54.6 cm³/mol. The van der Waals surface area contributed by atoms with E-state index in [4.69, 9.17) is 0 Å². The molecule has 0 spiro atoms. The summed E-state index contributed by atoms with van der Waals surface area (Å²) in [6, 6.07) is 0. The highest BCUT2D eigenvalue weighted by molar-refractivity contribution is 5.92. The Bertz CT molecular complexity index is 226. The zero-order valence-corrected chi connectivity index (χ0v) is 7.91. The van der Waals surface area contributed by atoms with E-state index < -0.39 is 0 Å². The second-order valence-corrected chi connectivity index (χ2v) is 2.43. The monoisotopic (exact) mass is 165 g/mol. The average molecular weight is 165 g/mol. The third kappa shape index (κ3) is 3.71. The molecule has 0 heterocycles. The molecule has 0 aliphatic rings. The standard InChI is InChI=1S/C9H15N3/c1-8(2)6-7-9(10-3)12(5)11-4/h6-7H,1,4H2,2-3,5H3/b7-6-,10-9?. The average Bonchev–Trinajstić information content (AvgIpc) is 2.04. The number of nitrogens with zero attached hydrogens (tertiary/aromatic N) is 3. The number of hydrazone groups is 1. The van der Waals surface area contributed by atoms with E-state index in [1.165, 1.54) is 0 Å². The Balaban J connectivity index is 4.39.